The van der Waals surface area contributed by atoms with Gasteiger partial charge < -0.3 is 0 Å². The SMILES string of the molecule is Cc1ccc(-n2nnc(C(=O)Nc3nc(-c4ccccc4)c(-c4ccccc4)s3)c2C)cc1. The van der Waals surface area contributed by atoms with Crippen LogP contribution in [0.1, 0.15) is 21.7 Å². The first kappa shape index (κ1) is 20.8. The zero-order valence-electron chi connectivity index (χ0n) is 18.2. The fraction of sp³-hybridized carbons (Fsp3) is 0.0769. The number of anilines is 1. The number of benzene rings is 3. The molecule has 0 aliphatic heterocycles. The number of hydrogen-bond donors (Lipinski definition) is 1. The molecule has 2 heterocycles. The fourth-order valence-electron chi connectivity index (χ4n) is 3.58. The third kappa shape index (κ3) is 4.18. The molecule has 0 atom stereocenters. The number of carbonyl (C=O) groups is 1. The summed E-state index contributed by atoms with van der Waals surface area (Å²) in [6, 6.07) is 27.9. The van der Waals surface area contributed by atoms with Crippen LogP contribution in [-0.4, -0.2) is 25.9 Å². The van der Waals surface area contributed by atoms with E-state index in [-0.39, 0.29) is 11.6 Å². The third-order valence-electron chi connectivity index (χ3n) is 5.32. The van der Waals surface area contributed by atoms with Crippen molar-refractivity contribution >= 4 is 22.4 Å². The average molecular weight is 452 g/mol. The maximum absolute atomic E-state index is 13.1. The lowest BCUT2D eigenvalue weighted by molar-refractivity contribution is 0.102. The number of nitrogens with one attached hydrogen (secondary N) is 1. The molecule has 0 radical (unpaired) electrons. The molecule has 0 spiro atoms. The summed E-state index contributed by atoms with van der Waals surface area (Å²) in [6.07, 6.45) is 0. The molecule has 0 saturated heterocycles. The van der Waals surface area contributed by atoms with Crippen LogP contribution in [0.25, 0.3) is 27.4 Å². The van der Waals surface area contributed by atoms with Crippen LogP contribution in [0.5, 0.6) is 0 Å². The Morgan fingerprint density at radius 3 is 2.15 bits per heavy atom. The topological polar surface area (TPSA) is 72.7 Å². The van der Waals surface area contributed by atoms with E-state index in [1.807, 2.05) is 98.8 Å². The molecule has 162 valence electrons. The monoisotopic (exact) mass is 451 g/mol. The van der Waals surface area contributed by atoms with Gasteiger partial charge in [0.2, 0.25) is 0 Å². The van der Waals surface area contributed by atoms with E-state index in [9.17, 15) is 4.79 Å². The standard InChI is InChI=1S/C26H21N5OS/c1-17-13-15-21(16-14-17)31-18(2)22(29-30-31)25(32)28-26-27-23(19-9-5-3-6-10-19)24(33-26)20-11-7-4-8-12-20/h3-16H,1-2H3,(H,27,28,32). The van der Waals surface area contributed by atoms with Crippen LogP contribution in [0.3, 0.4) is 0 Å². The molecule has 5 aromatic rings. The van der Waals surface area contributed by atoms with Crippen molar-refractivity contribution < 1.29 is 4.79 Å². The van der Waals surface area contributed by atoms with Gasteiger partial charge in [0.05, 0.1) is 22.0 Å². The molecule has 5 rings (SSSR count). The van der Waals surface area contributed by atoms with Gasteiger partial charge in [0.15, 0.2) is 10.8 Å². The van der Waals surface area contributed by atoms with Gasteiger partial charge in [0.25, 0.3) is 5.91 Å². The summed E-state index contributed by atoms with van der Waals surface area (Å²) in [4.78, 5) is 18.8. The summed E-state index contributed by atoms with van der Waals surface area (Å²) in [5.74, 6) is -0.334. The highest BCUT2D eigenvalue weighted by molar-refractivity contribution is 7.19. The van der Waals surface area contributed by atoms with Crippen molar-refractivity contribution in [3.63, 3.8) is 0 Å². The second-order valence-corrected chi connectivity index (χ2v) is 8.65. The largest absolute Gasteiger partial charge is 0.296 e. The summed E-state index contributed by atoms with van der Waals surface area (Å²) >= 11 is 1.44. The van der Waals surface area contributed by atoms with Gasteiger partial charge in [0.1, 0.15) is 0 Å². The molecule has 0 aliphatic rings. The number of aromatic nitrogens is 4. The molecule has 0 fully saturated rings. The quantitative estimate of drug-likeness (QED) is 0.360. The normalized spacial score (nSPS) is 10.8. The number of carbonyl (C=O) groups excluding carboxylic acids is 1. The smallest absolute Gasteiger partial charge is 0.279 e. The van der Waals surface area contributed by atoms with E-state index in [0.717, 1.165) is 32.9 Å². The molecule has 6 nitrogen and oxygen atoms in total. The number of aryl methyl sites for hydroxylation is 1. The lowest BCUT2D eigenvalue weighted by Gasteiger charge is -2.04. The highest BCUT2D eigenvalue weighted by atomic mass is 32.1. The molecule has 1 amide bonds. The van der Waals surface area contributed by atoms with E-state index in [1.54, 1.807) is 4.68 Å². The van der Waals surface area contributed by atoms with Crippen molar-refractivity contribution in [2.24, 2.45) is 0 Å². The molecule has 0 saturated carbocycles. The Kier molecular flexibility index (Phi) is 5.54. The van der Waals surface area contributed by atoms with E-state index in [4.69, 9.17) is 4.98 Å². The Balaban J connectivity index is 1.47. The Morgan fingerprint density at radius 2 is 1.48 bits per heavy atom. The minimum absolute atomic E-state index is 0.272. The lowest BCUT2D eigenvalue weighted by Crippen LogP contribution is -2.14. The first-order chi connectivity index (χ1) is 16.1. The van der Waals surface area contributed by atoms with E-state index in [0.29, 0.717) is 10.8 Å². The molecule has 3 aromatic carbocycles. The van der Waals surface area contributed by atoms with Crippen LogP contribution < -0.4 is 5.32 Å². The molecular weight excluding hydrogens is 430 g/mol. The summed E-state index contributed by atoms with van der Waals surface area (Å²) < 4.78 is 1.67. The maximum Gasteiger partial charge on any atom is 0.279 e. The first-order valence-electron chi connectivity index (χ1n) is 10.5. The average Bonchev–Trinajstić information content (AvgIpc) is 3.44. The highest BCUT2D eigenvalue weighted by Crippen LogP contribution is 2.39. The Labute approximate surface area is 195 Å². The van der Waals surface area contributed by atoms with Crippen LogP contribution in [0, 0.1) is 13.8 Å². The lowest BCUT2D eigenvalue weighted by atomic mass is 10.1. The molecule has 2 aromatic heterocycles. The van der Waals surface area contributed by atoms with E-state index < -0.39 is 0 Å². The number of hydrogen-bond acceptors (Lipinski definition) is 5. The van der Waals surface area contributed by atoms with Gasteiger partial charge in [-0.15, -0.1) is 5.10 Å². The minimum atomic E-state index is -0.334. The molecule has 33 heavy (non-hydrogen) atoms. The number of thiazole rings is 1. The van der Waals surface area contributed by atoms with Crippen LogP contribution in [0.4, 0.5) is 5.13 Å². The van der Waals surface area contributed by atoms with E-state index in [2.05, 4.69) is 15.6 Å². The second kappa shape index (κ2) is 8.80. The molecular formula is C26H21N5OS. The van der Waals surface area contributed by atoms with E-state index in [1.165, 1.54) is 11.3 Å². The van der Waals surface area contributed by atoms with E-state index >= 15 is 0 Å². The third-order valence-corrected chi connectivity index (χ3v) is 6.34. The van der Waals surface area contributed by atoms with Crippen molar-refractivity contribution in [1.29, 1.82) is 0 Å². The van der Waals surface area contributed by atoms with Gasteiger partial charge in [-0.2, -0.15) is 0 Å². The predicted octanol–water partition coefficient (Wildman–Crippen LogP) is 5.93. The molecule has 0 unspecified atom stereocenters. The van der Waals surface area contributed by atoms with Crippen LogP contribution in [0.15, 0.2) is 84.9 Å². The van der Waals surface area contributed by atoms with Crippen molar-refractivity contribution in [3.8, 4) is 27.4 Å². The van der Waals surface area contributed by atoms with Gasteiger partial charge in [-0.3, -0.25) is 10.1 Å². The Hall–Kier alpha value is -4.10. The summed E-state index contributed by atoms with van der Waals surface area (Å²) in [5, 5.41) is 11.8. The minimum Gasteiger partial charge on any atom is -0.296 e. The van der Waals surface area contributed by atoms with Gasteiger partial charge in [-0.25, -0.2) is 9.67 Å². The van der Waals surface area contributed by atoms with Crippen molar-refractivity contribution in [3.05, 3.63) is 102 Å². The van der Waals surface area contributed by atoms with Crippen LogP contribution >= 0.6 is 11.3 Å². The highest BCUT2D eigenvalue weighted by Gasteiger charge is 2.21. The predicted molar refractivity (Wildman–Crippen MR) is 132 cm³/mol. The molecule has 7 heteroatoms. The van der Waals surface area contributed by atoms with Crippen molar-refractivity contribution in [1.82, 2.24) is 20.0 Å². The summed E-state index contributed by atoms with van der Waals surface area (Å²) in [6.45, 7) is 3.86. The number of nitrogens with zero attached hydrogens (tertiary/aromatic N) is 4. The van der Waals surface area contributed by atoms with Gasteiger partial charge in [-0.1, -0.05) is 94.9 Å². The van der Waals surface area contributed by atoms with Crippen LogP contribution in [0.2, 0.25) is 0 Å². The van der Waals surface area contributed by atoms with Gasteiger partial charge >= 0.3 is 0 Å². The zero-order valence-corrected chi connectivity index (χ0v) is 19.0. The molecule has 1 N–H and O–H groups in total. The summed E-state index contributed by atoms with van der Waals surface area (Å²) in [5.41, 5.74) is 5.83. The first-order valence-corrected chi connectivity index (χ1v) is 11.3. The number of rotatable bonds is 5. The van der Waals surface area contributed by atoms with Crippen molar-refractivity contribution in [2.45, 2.75) is 13.8 Å². The maximum atomic E-state index is 13.1. The second-order valence-electron chi connectivity index (χ2n) is 7.65. The Morgan fingerprint density at radius 1 is 0.848 bits per heavy atom. The van der Waals surface area contributed by atoms with Gasteiger partial charge in [0, 0.05) is 5.56 Å². The molecule has 0 bridgehead atoms. The van der Waals surface area contributed by atoms with Crippen LogP contribution in [-0.2, 0) is 0 Å². The molecule has 0 aliphatic carbocycles. The van der Waals surface area contributed by atoms with Crippen molar-refractivity contribution in [2.75, 3.05) is 5.32 Å². The summed E-state index contributed by atoms with van der Waals surface area (Å²) in [7, 11) is 0. The van der Waals surface area contributed by atoms with Gasteiger partial charge in [-0.05, 0) is 31.5 Å². The Bertz CT molecular complexity index is 1350. The number of amides is 1. The zero-order chi connectivity index (χ0) is 22.8. The fourth-order valence-corrected chi connectivity index (χ4v) is 4.57.